The lowest BCUT2D eigenvalue weighted by Crippen LogP contribution is -2.11. The second kappa shape index (κ2) is 5.62. The van der Waals surface area contributed by atoms with Crippen LogP contribution in [0.5, 0.6) is 17.2 Å². The summed E-state index contributed by atoms with van der Waals surface area (Å²) in [5, 5.41) is 31.0. The van der Waals surface area contributed by atoms with Gasteiger partial charge in [0.1, 0.15) is 10.8 Å². The molecule has 0 aliphatic heterocycles. The van der Waals surface area contributed by atoms with Crippen molar-refractivity contribution in [2.24, 2.45) is 5.73 Å². The van der Waals surface area contributed by atoms with Crippen LogP contribution in [-0.4, -0.2) is 26.2 Å². The molecular weight excluding hydrogens is 316 g/mol. The van der Waals surface area contributed by atoms with Crippen LogP contribution in [0.2, 0.25) is 0 Å². The van der Waals surface area contributed by atoms with Crippen LogP contribution in [0.25, 0.3) is 21.8 Å². The van der Waals surface area contributed by atoms with E-state index in [1.165, 1.54) is 35.6 Å². The van der Waals surface area contributed by atoms with Crippen LogP contribution in [-0.2, 0) is 0 Å². The number of benzene rings is 2. The van der Waals surface area contributed by atoms with Crippen molar-refractivity contribution in [2.75, 3.05) is 0 Å². The molecule has 0 atom stereocenters. The van der Waals surface area contributed by atoms with Gasteiger partial charge in [-0.25, -0.2) is 4.98 Å². The number of hydrogen-bond acceptors (Lipinski definition) is 6. The molecule has 2 aromatic carbocycles. The fourth-order valence-corrected chi connectivity index (χ4v) is 2.91. The summed E-state index contributed by atoms with van der Waals surface area (Å²) in [7, 11) is 0. The number of carbonyl (C=O) groups excluding carboxylic acids is 1. The summed E-state index contributed by atoms with van der Waals surface area (Å²) in [5.41, 5.74) is 7.16. The molecule has 0 aliphatic rings. The summed E-state index contributed by atoms with van der Waals surface area (Å²) in [5.74, 6) is -1.32. The van der Waals surface area contributed by atoms with Gasteiger partial charge in [0.25, 0.3) is 5.91 Å². The van der Waals surface area contributed by atoms with Gasteiger partial charge in [-0.05, 0) is 36.4 Å². The highest BCUT2D eigenvalue weighted by molar-refractivity contribution is 7.13. The quantitative estimate of drug-likeness (QED) is 0.552. The zero-order valence-corrected chi connectivity index (χ0v) is 12.5. The molecule has 3 rings (SSSR count). The molecule has 0 bridgehead atoms. The maximum Gasteiger partial charge on any atom is 0.252 e. The first-order valence-electron chi connectivity index (χ1n) is 6.57. The van der Waals surface area contributed by atoms with Crippen molar-refractivity contribution in [3.8, 4) is 39.1 Å². The lowest BCUT2D eigenvalue weighted by molar-refractivity contribution is 0.0998. The van der Waals surface area contributed by atoms with Crippen LogP contribution >= 0.6 is 11.3 Å². The zero-order valence-electron chi connectivity index (χ0n) is 11.7. The van der Waals surface area contributed by atoms with Gasteiger partial charge < -0.3 is 21.1 Å². The number of aromatic hydroxyl groups is 3. The average Bonchev–Trinajstić information content (AvgIpc) is 3.00. The van der Waals surface area contributed by atoms with Crippen molar-refractivity contribution in [3.63, 3.8) is 0 Å². The van der Waals surface area contributed by atoms with E-state index in [1.807, 2.05) is 0 Å². The Labute approximate surface area is 135 Å². The van der Waals surface area contributed by atoms with E-state index in [-0.39, 0.29) is 22.8 Å². The highest BCUT2D eigenvalue weighted by Gasteiger charge is 2.13. The molecule has 0 fully saturated rings. The minimum atomic E-state index is -0.719. The SMILES string of the molecule is NC(=O)c1cc(-c2csc(-c3ccc(O)c(O)c3)n2)ccc1O. The Bertz CT molecular complexity index is 905. The van der Waals surface area contributed by atoms with E-state index in [1.54, 1.807) is 17.5 Å². The number of aromatic nitrogens is 1. The number of phenolic OH excluding ortho intramolecular Hbond substituents is 2. The second-order valence-corrected chi connectivity index (χ2v) is 5.70. The molecule has 1 heterocycles. The molecule has 0 saturated heterocycles. The van der Waals surface area contributed by atoms with E-state index in [0.29, 0.717) is 21.8 Å². The Hall–Kier alpha value is -3.06. The smallest absolute Gasteiger partial charge is 0.252 e. The van der Waals surface area contributed by atoms with Crippen LogP contribution < -0.4 is 5.73 Å². The van der Waals surface area contributed by atoms with E-state index in [2.05, 4.69) is 4.98 Å². The Morgan fingerprint density at radius 3 is 2.35 bits per heavy atom. The lowest BCUT2D eigenvalue weighted by atomic mass is 10.1. The topological polar surface area (TPSA) is 117 Å². The van der Waals surface area contributed by atoms with Gasteiger partial charge in [0.05, 0.1) is 11.3 Å². The van der Waals surface area contributed by atoms with Crippen LogP contribution in [0.1, 0.15) is 10.4 Å². The fraction of sp³-hybridized carbons (Fsp3) is 0. The molecule has 0 unspecified atom stereocenters. The number of nitrogens with zero attached hydrogens (tertiary/aromatic N) is 1. The molecule has 1 aromatic heterocycles. The normalized spacial score (nSPS) is 10.6. The minimum Gasteiger partial charge on any atom is -0.507 e. The van der Waals surface area contributed by atoms with Crippen molar-refractivity contribution in [3.05, 3.63) is 47.3 Å². The Kier molecular flexibility index (Phi) is 3.63. The largest absolute Gasteiger partial charge is 0.507 e. The van der Waals surface area contributed by atoms with Crippen LogP contribution in [0, 0.1) is 0 Å². The number of carbonyl (C=O) groups is 1. The van der Waals surface area contributed by atoms with Gasteiger partial charge in [-0.2, -0.15) is 0 Å². The average molecular weight is 328 g/mol. The lowest BCUT2D eigenvalue weighted by Gasteiger charge is -2.03. The van der Waals surface area contributed by atoms with Crippen molar-refractivity contribution in [1.29, 1.82) is 0 Å². The molecule has 3 aromatic rings. The molecule has 23 heavy (non-hydrogen) atoms. The zero-order chi connectivity index (χ0) is 16.6. The predicted molar refractivity (Wildman–Crippen MR) is 86.5 cm³/mol. The predicted octanol–water partition coefficient (Wildman–Crippen LogP) is 2.69. The Morgan fingerprint density at radius 1 is 0.957 bits per heavy atom. The standard InChI is InChI=1S/C16H12N2O4S/c17-15(22)10-5-8(1-3-12(10)19)11-7-23-16(18-11)9-2-4-13(20)14(21)6-9/h1-7,19-21H,(H2,17,22). The third-order valence-corrected chi connectivity index (χ3v) is 4.18. The summed E-state index contributed by atoms with van der Waals surface area (Å²) in [6, 6.07) is 8.95. The monoisotopic (exact) mass is 328 g/mol. The van der Waals surface area contributed by atoms with Gasteiger partial charge >= 0.3 is 0 Å². The number of nitrogens with two attached hydrogens (primary N) is 1. The van der Waals surface area contributed by atoms with E-state index in [9.17, 15) is 20.1 Å². The van der Waals surface area contributed by atoms with Crippen LogP contribution in [0.3, 0.4) is 0 Å². The first kappa shape index (κ1) is 14.9. The number of amides is 1. The molecule has 0 aliphatic carbocycles. The van der Waals surface area contributed by atoms with Crippen molar-refractivity contribution in [1.82, 2.24) is 4.98 Å². The van der Waals surface area contributed by atoms with Crippen LogP contribution in [0.15, 0.2) is 41.8 Å². The maximum absolute atomic E-state index is 11.3. The van der Waals surface area contributed by atoms with Gasteiger partial charge in [0, 0.05) is 16.5 Å². The summed E-state index contributed by atoms with van der Waals surface area (Å²) in [4.78, 5) is 15.7. The molecule has 6 nitrogen and oxygen atoms in total. The third kappa shape index (κ3) is 2.82. The summed E-state index contributed by atoms with van der Waals surface area (Å²) >= 11 is 1.35. The van der Waals surface area contributed by atoms with Gasteiger partial charge in [0.2, 0.25) is 0 Å². The fourth-order valence-electron chi connectivity index (χ4n) is 2.09. The van der Waals surface area contributed by atoms with Gasteiger partial charge in [-0.15, -0.1) is 11.3 Å². The van der Waals surface area contributed by atoms with E-state index >= 15 is 0 Å². The highest BCUT2D eigenvalue weighted by Crippen LogP contribution is 2.34. The van der Waals surface area contributed by atoms with E-state index < -0.39 is 5.91 Å². The van der Waals surface area contributed by atoms with E-state index in [4.69, 9.17) is 5.73 Å². The molecule has 0 spiro atoms. The molecule has 7 heteroatoms. The van der Waals surface area contributed by atoms with Crippen molar-refractivity contribution >= 4 is 17.2 Å². The summed E-state index contributed by atoms with van der Waals surface area (Å²) in [6.07, 6.45) is 0. The van der Waals surface area contributed by atoms with Crippen molar-refractivity contribution in [2.45, 2.75) is 0 Å². The van der Waals surface area contributed by atoms with E-state index in [0.717, 1.165) is 0 Å². The molecular formula is C16H12N2O4S. The van der Waals surface area contributed by atoms with Crippen molar-refractivity contribution < 1.29 is 20.1 Å². The van der Waals surface area contributed by atoms with Gasteiger partial charge in [-0.3, -0.25) is 4.79 Å². The number of thiazole rings is 1. The number of hydrogen-bond donors (Lipinski definition) is 4. The van der Waals surface area contributed by atoms with Gasteiger partial charge in [-0.1, -0.05) is 0 Å². The maximum atomic E-state index is 11.3. The third-order valence-electron chi connectivity index (χ3n) is 3.28. The Morgan fingerprint density at radius 2 is 1.65 bits per heavy atom. The highest BCUT2D eigenvalue weighted by atomic mass is 32.1. The second-order valence-electron chi connectivity index (χ2n) is 4.84. The molecule has 0 saturated carbocycles. The van der Waals surface area contributed by atoms with Crippen LogP contribution in [0.4, 0.5) is 0 Å². The summed E-state index contributed by atoms with van der Waals surface area (Å²) in [6.45, 7) is 0. The molecule has 5 N–H and O–H groups in total. The number of phenols is 3. The molecule has 0 radical (unpaired) electrons. The number of rotatable bonds is 3. The minimum absolute atomic E-state index is 0.0272. The Balaban J connectivity index is 2.00. The van der Waals surface area contributed by atoms with Gasteiger partial charge in [0.15, 0.2) is 11.5 Å². The first-order valence-corrected chi connectivity index (χ1v) is 7.45. The number of primary amides is 1. The molecule has 1 amide bonds. The first-order chi connectivity index (χ1) is 11.0. The molecule has 116 valence electrons. The summed E-state index contributed by atoms with van der Waals surface area (Å²) < 4.78 is 0.